The zero-order valence-electron chi connectivity index (χ0n) is 11.2. The highest BCUT2D eigenvalue weighted by atomic mass is 15.2. The third-order valence-electron chi connectivity index (χ3n) is 3.60. The molecule has 1 N–H and O–H groups in total. The number of benzene rings is 1. The van der Waals surface area contributed by atoms with E-state index in [4.69, 9.17) is 6.42 Å². The molecule has 2 nitrogen and oxygen atoms in total. The number of nitrogens with one attached hydrogen (secondary N) is 1. The van der Waals surface area contributed by atoms with E-state index in [1.54, 1.807) is 0 Å². The number of aryl methyl sites for hydroxylation is 1. The van der Waals surface area contributed by atoms with Crippen LogP contribution in [0.3, 0.4) is 0 Å². The first-order valence-electron chi connectivity index (χ1n) is 6.81. The van der Waals surface area contributed by atoms with E-state index < -0.39 is 0 Å². The predicted octanol–water partition coefficient (Wildman–Crippen LogP) is 2.44. The molecule has 18 heavy (non-hydrogen) atoms. The summed E-state index contributed by atoms with van der Waals surface area (Å²) < 4.78 is 0. The van der Waals surface area contributed by atoms with Crippen LogP contribution >= 0.6 is 0 Å². The maximum Gasteiger partial charge on any atom is 0.0574 e. The Labute approximate surface area is 110 Å². The van der Waals surface area contributed by atoms with Gasteiger partial charge in [-0.25, -0.2) is 0 Å². The predicted molar refractivity (Wildman–Crippen MR) is 77.9 cm³/mol. The minimum atomic E-state index is 0.484. The molecule has 0 aliphatic carbocycles. The van der Waals surface area contributed by atoms with Crippen molar-refractivity contribution >= 4 is 5.69 Å². The van der Waals surface area contributed by atoms with Crippen LogP contribution in [-0.4, -0.2) is 25.7 Å². The largest absolute Gasteiger partial charge is 0.367 e. The van der Waals surface area contributed by atoms with Crippen LogP contribution < -0.4 is 10.2 Å². The van der Waals surface area contributed by atoms with Crippen LogP contribution in [-0.2, 0) is 6.42 Å². The van der Waals surface area contributed by atoms with Gasteiger partial charge in [0, 0.05) is 24.8 Å². The monoisotopic (exact) mass is 242 g/mol. The molecule has 2 heteroatoms. The molecule has 1 aliphatic rings. The van der Waals surface area contributed by atoms with Gasteiger partial charge >= 0.3 is 0 Å². The minimum absolute atomic E-state index is 0.484. The Balaban J connectivity index is 2.10. The molecule has 0 radical (unpaired) electrons. The normalized spacial score (nSPS) is 16.6. The SMILES string of the molecule is C#CCNCC(C)N1CCCCc2ccccc21. The lowest BCUT2D eigenvalue weighted by atomic mass is 10.1. The number of para-hydroxylation sites is 1. The van der Waals surface area contributed by atoms with Crippen molar-refractivity contribution in [2.24, 2.45) is 0 Å². The molecule has 1 aromatic rings. The summed E-state index contributed by atoms with van der Waals surface area (Å²) >= 11 is 0. The number of fused-ring (bicyclic) bond motifs is 1. The van der Waals surface area contributed by atoms with Crippen molar-refractivity contribution in [3.05, 3.63) is 29.8 Å². The Bertz CT molecular complexity index is 419. The van der Waals surface area contributed by atoms with Crippen molar-refractivity contribution in [1.82, 2.24) is 5.32 Å². The molecule has 2 rings (SSSR count). The van der Waals surface area contributed by atoms with Crippen molar-refractivity contribution in [1.29, 1.82) is 0 Å². The molecule has 1 aliphatic heterocycles. The molecule has 0 spiro atoms. The van der Waals surface area contributed by atoms with E-state index in [1.807, 2.05) is 0 Å². The van der Waals surface area contributed by atoms with Crippen molar-refractivity contribution in [3.8, 4) is 12.3 Å². The fourth-order valence-corrected chi connectivity index (χ4v) is 2.64. The van der Waals surface area contributed by atoms with Gasteiger partial charge in [-0.05, 0) is 37.8 Å². The number of hydrogen-bond donors (Lipinski definition) is 1. The fraction of sp³-hybridized carbons (Fsp3) is 0.500. The maximum absolute atomic E-state index is 5.27. The Morgan fingerprint density at radius 1 is 1.39 bits per heavy atom. The molecular formula is C16H22N2. The lowest BCUT2D eigenvalue weighted by molar-refractivity contribution is 0.574. The van der Waals surface area contributed by atoms with E-state index in [2.05, 4.69) is 47.3 Å². The molecule has 0 fully saturated rings. The molecule has 96 valence electrons. The fourth-order valence-electron chi connectivity index (χ4n) is 2.64. The standard InChI is InChI=1S/C16H22N2/c1-3-11-17-13-14(2)18-12-7-6-9-15-8-4-5-10-16(15)18/h1,4-5,8,10,14,17H,6-7,9,11-13H2,2H3. The summed E-state index contributed by atoms with van der Waals surface area (Å²) in [6.45, 7) is 5.01. The molecule has 0 aromatic heterocycles. The molecule has 0 amide bonds. The van der Waals surface area contributed by atoms with Gasteiger partial charge in [0.05, 0.1) is 6.54 Å². The van der Waals surface area contributed by atoms with Crippen LogP contribution in [0.2, 0.25) is 0 Å². The summed E-state index contributed by atoms with van der Waals surface area (Å²) in [6.07, 6.45) is 9.04. The van der Waals surface area contributed by atoms with Crippen molar-refractivity contribution < 1.29 is 0 Å². The molecule has 0 saturated carbocycles. The lowest BCUT2D eigenvalue weighted by Gasteiger charge is -2.31. The Kier molecular flexibility index (Phi) is 4.66. The summed E-state index contributed by atoms with van der Waals surface area (Å²) in [6, 6.07) is 9.27. The van der Waals surface area contributed by atoms with E-state index in [9.17, 15) is 0 Å². The van der Waals surface area contributed by atoms with Gasteiger partial charge in [-0.1, -0.05) is 24.1 Å². The summed E-state index contributed by atoms with van der Waals surface area (Å²) in [5, 5.41) is 3.31. The summed E-state index contributed by atoms with van der Waals surface area (Å²) in [5.74, 6) is 2.63. The molecule has 0 bridgehead atoms. The van der Waals surface area contributed by atoms with Crippen LogP contribution in [0.5, 0.6) is 0 Å². The average Bonchev–Trinajstić information content (AvgIpc) is 2.61. The van der Waals surface area contributed by atoms with E-state index in [0.29, 0.717) is 12.6 Å². The number of rotatable bonds is 4. The summed E-state index contributed by atoms with van der Waals surface area (Å²) in [4.78, 5) is 2.52. The third-order valence-corrected chi connectivity index (χ3v) is 3.60. The number of terminal acetylenes is 1. The van der Waals surface area contributed by atoms with Crippen LogP contribution in [0.4, 0.5) is 5.69 Å². The van der Waals surface area contributed by atoms with Gasteiger partial charge in [-0.2, -0.15) is 0 Å². The number of hydrogen-bond acceptors (Lipinski definition) is 2. The Morgan fingerprint density at radius 3 is 3.06 bits per heavy atom. The van der Waals surface area contributed by atoms with E-state index in [1.165, 1.54) is 30.5 Å². The topological polar surface area (TPSA) is 15.3 Å². The van der Waals surface area contributed by atoms with Crippen molar-refractivity contribution in [2.45, 2.75) is 32.2 Å². The van der Waals surface area contributed by atoms with E-state index in [0.717, 1.165) is 13.1 Å². The molecule has 1 atom stereocenters. The van der Waals surface area contributed by atoms with Crippen molar-refractivity contribution in [2.75, 3.05) is 24.5 Å². The average molecular weight is 242 g/mol. The highest BCUT2D eigenvalue weighted by Gasteiger charge is 2.19. The first kappa shape index (κ1) is 13.0. The third kappa shape index (κ3) is 3.05. The van der Waals surface area contributed by atoms with Crippen molar-refractivity contribution in [3.63, 3.8) is 0 Å². The second-order valence-electron chi connectivity index (χ2n) is 4.96. The highest BCUT2D eigenvalue weighted by molar-refractivity contribution is 5.55. The van der Waals surface area contributed by atoms with Gasteiger partial charge in [0.2, 0.25) is 0 Å². The maximum atomic E-state index is 5.27. The Morgan fingerprint density at radius 2 is 2.22 bits per heavy atom. The molecule has 1 unspecified atom stereocenters. The first-order chi connectivity index (χ1) is 8.83. The lowest BCUT2D eigenvalue weighted by Crippen LogP contribution is -2.41. The van der Waals surface area contributed by atoms with Gasteiger partial charge in [-0.3, -0.25) is 0 Å². The van der Waals surface area contributed by atoms with E-state index in [-0.39, 0.29) is 0 Å². The zero-order valence-corrected chi connectivity index (χ0v) is 11.2. The summed E-state index contributed by atoms with van der Waals surface area (Å²) in [5.41, 5.74) is 2.89. The van der Waals surface area contributed by atoms with Crippen LogP contribution in [0, 0.1) is 12.3 Å². The van der Waals surface area contributed by atoms with Crippen LogP contribution in [0.25, 0.3) is 0 Å². The van der Waals surface area contributed by atoms with Gasteiger partial charge < -0.3 is 10.2 Å². The van der Waals surface area contributed by atoms with E-state index >= 15 is 0 Å². The summed E-state index contributed by atoms with van der Waals surface area (Å²) in [7, 11) is 0. The molecule has 1 aromatic carbocycles. The first-order valence-corrected chi connectivity index (χ1v) is 6.81. The Hall–Kier alpha value is -1.46. The number of nitrogens with zero attached hydrogens (tertiary/aromatic N) is 1. The second-order valence-corrected chi connectivity index (χ2v) is 4.96. The second kappa shape index (κ2) is 6.47. The molecule has 0 saturated heterocycles. The van der Waals surface area contributed by atoms with Gasteiger partial charge in [0.15, 0.2) is 0 Å². The van der Waals surface area contributed by atoms with Gasteiger partial charge in [-0.15, -0.1) is 6.42 Å². The molecule has 1 heterocycles. The molecular weight excluding hydrogens is 220 g/mol. The van der Waals surface area contributed by atoms with Gasteiger partial charge in [0.1, 0.15) is 0 Å². The quantitative estimate of drug-likeness (QED) is 0.644. The van der Waals surface area contributed by atoms with Gasteiger partial charge in [0.25, 0.3) is 0 Å². The van der Waals surface area contributed by atoms with Crippen LogP contribution in [0.15, 0.2) is 24.3 Å². The number of anilines is 1. The highest BCUT2D eigenvalue weighted by Crippen LogP contribution is 2.27. The van der Waals surface area contributed by atoms with Crippen LogP contribution in [0.1, 0.15) is 25.3 Å². The smallest absolute Gasteiger partial charge is 0.0574 e. The minimum Gasteiger partial charge on any atom is -0.367 e. The zero-order chi connectivity index (χ0) is 12.8.